The smallest absolute Gasteiger partial charge is 0.185 e. The van der Waals surface area contributed by atoms with Crippen molar-refractivity contribution in [3.05, 3.63) is 40.9 Å². The van der Waals surface area contributed by atoms with Gasteiger partial charge in [-0.1, -0.05) is 24.6 Å². The Morgan fingerprint density at radius 1 is 1.53 bits per heavy atom. The minimum atomic E-state index is -0.0354. The highest BCUT2D eigenvalue weighted by Crippen LogP contribution is 2.25. The van der Waals surface area contributed by atoms with Gasteiger partial charge in [-0.25, -0.2) is 0 Å². The summed E-state index contributed by atoms with van der Waals surface area (Å²) in [6.45, 7) is 1.98. The summed E-state index contributed by atoms with van der Waals surface area (Å²) in [5, 5.41) is 0.508. The van der Waals surface area contributed by atoms with E-state index in [1.807, 2.05) is 13.0 Å². The molecule has 0 unspecified atom stereocenters. The quantitative estimate of drug-likeness (QED) is 0.578. The summed E-state index contributed by atoms with van der Waals surface area (Å²) in [7, 11) is 1.53. The van der Waals surface area contributed by atoms with Gasteiger partial charge in [0, 0.05) is 5.56 Å². The number of ether oxygens (including phenoxy) is 1. The second-order valence-corrected chi connectivity index (χ2v) is 3.43. The van der Waals surface area contributed by atoms with E-state index in [2.05, 4.69) is 0 Å². The Labute approximate surface area is 94.5 Å². The molecule has 0 aliphatic carbocycles. The third-order valence-corrected chi connectivity index (χ3v) is 2.25. The Balaban J connectivity index is 2.95. The lowest BCUT2D eigenvalue weighted by molar-refractivity contribution is 0.104. The predicted octanol–water partition coefficient (Wildman–Crippen LogP) is 3.50. The van der Waals surface area contributed by atoms with Crippen molar-refractivity contribution in [1.82, 2.24) is 0 Å². The van der Waals surface area contributed by atoms with Gasteiger partial charge in [0.1, 0.15) is 5.75 Å². The van der Waals surface area contributed by atoms with Crippen LogP contribution >= 0.6 is 11.6 Å². The molecule has 0 amide bonds. The second-order valence-electron chi connectivity index (χ2n) is 3.02. The van der Waals surface area contributed by atoms with Crippen LogP contribution in [0.4, 0.5) is 0 Å². The Kier molecular flexibility index (Phi) is 4.37. The lowest BCUT2D eigenvalue weighted by Gasteiger charge is -2.03. The fourth-order valence-electron chi connectivity index (χ4n) is 1.13. The highest BCUT2D eigenvalue weighted by atomic mass is 35.5. The van der Waals surface area contributed by atoms with Gasteiger partial charge in [0.25, 0.3) is 0 Å². The first-order valence-corrected chi connectivity index (χ1v) is 5.11. The predicted molar refractivity (Wildman–Crippen MR) is 61.8 cm³/mol. The van der Waals surface area contributed by atoms with Crippen LogP contribution < -0.4 is 4.74 Å². The number of allylic oxidation sites excluding steroid dienone is 2. The third-order valence-electron chi connectivity index (χ3n) is 1.94. The van der Waals surface area contributed by atoms with E-state index >= 15 is 0 Å². The minimum absolute atomic E-state index is 0.0354. The van der Waals surface area contributed by atoms with Crippen LogP contribution in [0.25, 0.3) is 0 Å². The Hall–Kier alpha value is -1.28. The van der Waals surface area contributed by atoms with Crippen molar-refractivity contribution in [2.75, 3.05) is 7.11 Å². The fourth-order valence-corrected chi connectivity index (χ4v) is 1.33. The van der Waals surface area contributed by atoms with Gasteiger partial charge in [0.2, 0.25) is 0 Å². The SMILES string of the molecule is CC/C=C/C(=O)c1ccc(Cl)c(OC)c1. The molecular weight excluding hydrogens is 212 g/mol. The molecule has 0 fully saturated rings. The zero-order chi connectivity index (χ0) is 11.3. The zero-order valence-electron chi connectivity index (χ0n) is 8.79. The maximum Gasteiger partial charge on any atom is 0.185 e. The van der Waals surface area contributed by atoms with Crippen molar-refractivity contribution >= 4 is 17.4 Å². The number of benzene rings is 1. The van der Waals surface area contributed by atoms with E-state index in [1.165, 1.54) is 7.11 Å². The summed E-state index contributed by atoms with van der Waals surface area (Å²) in [6, 6.07) is 4.99. The number of carbonyl (C=O) groups is 1. The van der Waals surface area contributed by atoms with Gasteiger partial charge in [-0.2, -0.15) is 0 Å². The summed E-state index contributed by atoms with van der Waals surface area (Å²) < 4.78 is 5.03. The maximum atomic E-state index is 11.6. The molecule has 1 aromatic rings. The number of ketones is 1. The highest BCUT2D eigenvalue weighted by molar-refractivity contribution is 6.32. The number of hydrogen-bond acceptors (Lipinski definition) is 2. The van der Waals surface area contributed by atoms with Gasteiger partial charge >= 0.3 is 0 Å². The molecule has 0 heterocycles. The molecule has 0 radical (unpaired) electrons. The molecule has 1 aromatic carbocycles. The topological polar surface area (TPSA) is 26.3 Å². The Bertz CT molecular complexity index is 383. The lowest BCUT2D eigenvalue weighted by Crippen LogP contribution is -1.95. The van der Waals surface area contributed by atoms with E-state index in [1.54, 1.807) is 24.3 Å². The molecule has 0 aromatic heterocycles. The van der Waals surface area contributed by atoms with Crippen molar-refractivity contribution in [3.8, 4) is 5.75 Å². The standard InChI is InChI=1S/C12H13ClO2/c1-3-4-5-11(14)9-6-7-10(13)12(8-9)15-2/h4-8H,3H2,1-2H3/b5-4+. The molecule has 0 atom stereocenters. The molecular formula is C12H13ClO2. The van der Waals surface area contributed by atoms with Crippen molar-refractivity contribution < 1.29 is 9.53 Å². The van der Waals surface area contributed by atoms with Gasteiger partial charge in [-0.05, 0) is 30.7 Å². The molecule has 15 heavy (non-hydrogen) atoms. The number of methoxy groups -OCH3 is 1. The molecule has 0 saturated carbocycles. The van der Waals surface area contributed by atoms with Gasteiger partial charge in [-0.15, -0.1) is 0 Å². The van der Waals surface area contributed by atoms with E-state index in [0.29, 0.717) is 16.3 Å². The monoisotopic (exact) mass is 224 g/mol. The zero-order valence-corrected chi connectivity index (χ0v) is 9.54. The Morgan fingerprint density at radius 3 is 2.87 bits per heavy atom. The van der Waals surface area contributed by atoms with Crippen LogP contribution in [0.15, 0.2) is 30.4 Å². The first-order valence-electron chi connectivity index (χ1n) is 4.73. The molecule has 1 rings (SSSR count). The van der Waals surface area contributed by atoms with Crippen LogP contribution in [0.5, 0.6) is 5.75 Å². The van der Waals surface area contributed by atoms with E-state index in [4.69, 9.17) is 16.3 Å². The summed E-state index contributed by atoms with van der Waals surface area (Å²) in [6.07, 6.45) is 4.22. The van der Waals surface area contributed by atoms with Crippen molar-refractivity contribution in [2.24, 2.45) is 0 Å². The average Bonchev–Trinajstić information content (AvgIpc) is 2.26. The van der Waals surface area contributed by atoms with Crippen LogP contribution in [-0.2, 0) is 0 Å². The molecule has 0 spiro atoms. The summed E-state index contributed by atoms with van der Waals surface area (Å²) in [5.41, 5.74) is 0.584. The number of carbonyl (C=O) groups excluding carboxylic acids is 1. The van der Waals surface area contributed by atoms with E-state index in [9.17, 15) is 4.79 Å². The number of rotatable bonds is 4. The molecule has 2 nitrogen and oxygen atoms in total. The Morgan fingerprint density at radius 2 is 2.27 bits per heavy atom. The number of halogens is 1. The van der Waals surface area contributed by atoms with Crippen LogP contribution in [-0.4, -0.2) is 12.9 Å². The van der Waals surface area contributed by atoms with E-state index < -0.39 is 0 Å². The summed E-state index contributed by atoms with van der Waals surface area (Å²) in [4.78, 5) is 11.6. The summed E-state index contributed by atoms with van der Waals surface area (Å²) in [5.74, 6) is 0.485. The van der Waals surface area contributed by atoms with Crippen LogP contribution in [0, 0.1) is 0 Å². The van der Waals surface area contributed by atoms with Crippen molar-refractivity contribution in [2.45, 2.75) is 13.3 Å². The maximum absolute atomic E-state index is 11.6. The van der Waals surface area contributed by atoms with Crippen molar-refractivity contribution in [1.29, 1.82) is 0 Å². The van der Waals surface area contributed by atoms with Gasteiger partial charge in [0.05, 0.1) is 12.1 Å². The van der Waals surface area contributed by atoms with Crippen LogP contribution in [0.1, 0.15) is 23.7 Å². The van der Waals surface area contributed by atoms with Gasteiger partial charge in [0.15, 0.2) is 5.78 Å². The van der Waals surface area contributed by atoms with E-state index in [-0.39, 0.29) is 5.78 Å². The van der Waals surface area contributed by atoms with E-state index in [0.717, 1.165) is 6.42 Å². The van der Waals surface area contributed by atoms with Crippen LogP contribution in [0.3, 0.4) is 0 Å². The fraction of sp³-hybridized carbons (Fsp3) is 0.250. The minimum Gasteiger partial charge on any atom is -0.495 e. The largest absolute Gasteiger partial charge is 0.495 e. The summed E-state index contributed by atoms with van der Waals surface area (Å²) >= 11 is 5.85. The second kappa shape index (κ2) is 5.56. The normalized spacial score (nSPS) is 10.6. The molecule has 0 aliphatic rings. The first-order chi connectivity index (χ1) is 7.19. The average molecular weight is 225 g/mol. The van der Waals surface area contributed by atoms with Crippen molar-refractivity contribution in [3.63, 3.8) is 0 Å². The van der Waals surface area contributed by atoms with Gasteiger partial charge < -0.3 is 4.74 Å². The molecule has 0 bridgehead atoms. The lowest BCUT2D eigenvalue weighted by atomic mass is 10.1. The molecule has 0 saturated heterocycles. The van der Waals surface area contributed by atoms with Gasteiger partial charge in [-0.3, -0.25) is 4.79 Å². The number of hydrogen-bond donors (Lipinski definition) is 0. The molecule has 0 N–H and O–H groups in total. The molecule has 80 valence electrons. The van der Waals surface area contributed by atoms with Crippen LogP contribution in [0.2, 0.25) is 5.02 Å². The third kappa shape index (κ3) is 3.10. The highest BCUT2D eigenvalue weighted by Gasteiger charge is 2.06. The molecule has 0 aliphatic heterocycles. The molecule has 3 heteroatoms. The first kappa shape index (κ1) is 11.8.